The summed E-state index contributed by atoms with van der Waals surface area (Å²) in [6, 6.07) is 4.32. The highest BCUT2D eigenvalue weighted by Crippen LogP contribution is 2.24. The van der Waals surface area contributed by atoms with Gasteiger partial charge in [0.2, 0.25) is 0 Å². The number of unbranched alkanes of at least 4 members (excludes halogenated alkanes) is 1. The molecular weight excluding hydrogens is 324 g/mol. The Morgan fingerprint density at radius 3 is 2.60 bits per heavy atom. The average Bonchev–Trinajstić information content (AvgIpc) is 2.41. The van der Waals surface area contributed by atoms with Gasteiger partial charge in [-0.15, -0.1) is 0 Å². The normalized spacial score (nSPS) is 10.2. The molecule has 1 rings (SSSR count). The first kappa shape index (κ1) is 16.5. The number of hydrogen-bond donors (Lipinski definition) is 2. The summed E-state index contributed by atoms with van der Waals surface area (Å²) in [6.45, 7) is 5.29. The van der Waals surface area contributed by atoms with Gasteiger partial charge in [0.1, 0.15) is 0 Å². The number of carboxylic acid groups (broad SMARTS) is 1. The molecule has 110 valence electrons. The highest BCUT2D eigenvalue weighted by atomic mass is 79.9. The second kappa shape index (κ2) is 7.89. The molecular formula is C14H19BrN2O3. The van der Waals surface area contributed by atoms with Crippen LogP contribution in [0.1, 0.15) is 37.0 Å². The van der Waals surface area contributed by atoms with Gasteiger partial charge in [-0.05, 0) is 47.5 Å². The SMILES string of the molecule is CCCCN(CC)C(=O)Nc1cc(C(=O)O)ccc1Br. The quantitative estimate of drug-likeness (QED) is 0.825. The fourth-order valence-electron chi connectivity index (χ4n) is 1.70. The van der Waals surface area contributed by atoms with Gasteiger partial charge in [0.25, 0.3) is 0 Å². The van der Waals surface area contributed by atoms with Crippen LogP contribution in [0.5, 0.6) is 0 Å². The summed E-state index contributed by atoms with van der Waals surface area (Å²) in [5.74, 6) is -1.02. The number of anilines is 1. The number of carbonyl (C=O) groups excluding carboxylic acids is 1. The van der Waals surface area contributed by atoms with Crippen LogP contribution >= 0.6 is 15.9 Å². The average molecular weight is 343 g/mol. The van der Waals surface area contributed by atoms with Crippen LogP contribution in [-0.2, 0) is 0 Å². The van der Waals surface area contributed by atoms with Gasteiger partial charge in [-0.1, -0.05) is 13.3 Å². The molecule has 1 aromatic carbocycles. The van der Waals surface area contributed by atoms with Crippen molar-refractivity contribution in [2.45, 2.75) is 26.7 Å². The Bertz CT molecular complexity index is 491. The Morgan fingerprint density at radius 1 is 1.35 bits per heavy atom. The first-order valence-corrected chi connectivity index (χ1v) is 7.37. The maximum absolute atomic E-state index is 12.1. The van der Waals surface area contributed by atoms with E-state index in [2.05, 4.69) is 28.2 Å². The van der Waals surface area contributed by atoms with Crippen LogP contribution in [0.15, 0.2) is 22.7 Å². The van der Waals surface area contributed by atoms with E-state index < -0.39 is 5.97 Å². The van der Waals surface area contributed by atoms with Crippen molar-refractivity contribution in [3.63, 3.8) is 0 Å². The molecule has 0 unspecified atom stereocenters. The van der Waals surface area contributed by atoms with Crippen molar-refractivity contribution in [2.24, 2.45) is 0 Å². The number of carboxylic acids is 1. The smallest absolute Gasteiger partial charge is 0.335 e. The minimum absolute atomic E-state index is 0.139. The number of halogens is 1. The summed E-state index contributed by atoms with van der Waals surface area (Å²) in [7, 11) is 0. The summed E-state index contributed by atoms with van der Waals surface area (Å²) in [4.78, 5) is 24.8. The van der Waals surface area contributed by atoms with Crippen LogP contribution in [0, 0.1) is 0 Å². The molecule has 0 aromatic heterocycles. The van der Waals surface area contributed by atoms with E-state index in [0.29, 0.717) is 23.2 Å². The molecule has 0 heterocycles. The molecule has 0 aliphatic carbocycles. The third-order valence-electron chi connectivity index (χ3n) is 2.91. The second-order valence-corrected chi connectivity index (χ2v) is 5.22. The van der Waals surface area contributed by atoms with Crippen molar-refractivity contribution in [2.75, 3.05) is 18.4 Å². The molecule has 2 amide bonds. The molecule has 0 aliphatic heterocycles. The van der Waals surface area contributed by atoms with Crippen molar-refractivity contribution in [1.29, 1.82) is 0 Å². The molecule has 0 atom stereocenters. The van der Waals surface area contributed by atoms with Gasteiger partial charge < -0.3 is 15.3 Å². The van der Waals surface area contributed by atoms with Crippen molar-refractivity contribution >= 4 is 33.6 Å². The minimum atomic E-state index is -1.02. The molecule has 0 spiro atoms. The molecule has 0 saturated heterocycles. The van der Waals surface area contributed by atoms with Gasteiger partial charge in [-0.2, -0.15) is 0 Å². The number of amides is 2. The van der Waals surface area contributed by atoms with Gasteiger partial charge in [0.05, 0.1) is 11.3 Å². The van der Waals surface area contributed by atoms with Crippen molar-refractivity contribution in [1.82, 2.24) is 4.90 Å². The fraction of sp³-hybridized carbons (Fsp3) is 0.429. The standard InChI is InChI=1S/C14H19BrN2O3/c1-3-5-8-17(4-2)14(20)16-12-9-10(13(18)19)6-7-11(12)15/h6-7,9H,3-5,8H2,1-2H3,(H,16,20)(H,18,19). The van der Waals surface area contributed by atoms with Crippen LogP contribution in [0.3, 0.4) is 0 Å². The Hall–Kier alpha value is -1.56. The van der Waals surface area contributed by atoms with Crippen molar-refractivity contribution in [3.05, 3.63) is 28.2 Å². The van der Waals surface area contributed by atoms with Gasteiger partial charge in [-0.3, -0.25) is 0 Å². The van der Waals surface area contributed by atoms with E-state index >= 15 is 0 Å². The molecule has 1 aromatic rings. The van der Waals surface area contributed by atoms with Crippen LogP contribution in [0.4, 0.5) is 10.5 Å². The lowest BCUT2D eigenvalue weighted by atomic mass is 10.2. The molecule has 20 heavy (non-hydrogen) atoms. The zero-order chi connectivity index (χ0) is 15.1. The first-order chi connectivity index (χ1) is 9.49. The van der Waals surface area contributed by atoms with E-state index in [1.165, 1.54) is 12.1 Å². The largest absolute Gasteiger partial charge is 0.478 e. The highest BCUT2D eigenvalue weighted by Gasteiger charge is 2.14. The van der Waals surface area contributed by atoms with Crippen molar-refractivity contribution < 1.29 is 14.7 Å². The third-order valence-corrected chi connectivity index (χ3v) is 3.60. The van der Waals surface area contributed by atoms with Gasteiger partial charge in [0.15, 0.2) is 0 Å². The molecule has 0 radical (unpaired) electrons. The number of carbonyl (C=O) groups is 2. The van der Waals surface area contributed by atoms with E-state index in [0.717, 1.165) is 12.8 Å². The van der Waals surface area contributed by atoms with Crippen LogP contribution in [-0.4, -0.2) is 35.1 Å². The topological polar surface area (TPSA) is 69.6 Å². The summed E-state index contributed by atoms with van der Waals surface area (Å²) in [6.07, 6.45) is 1.96. The van der Waals surface area contributed by atoms with Crippen LogP contribution in [0.25, 0.3) is 0 Å². The maximum atomic E-state index is 12.1. The summed E-state index contributed by atoms with van der Waals surface area (Å²) >= 11 is 3.31. The number of nitrogens with zero attached hydrogens (tertiary/aromatic N) is 1. The number of aromatic carboxylic acids is 1. The number of rotatable bonds is 6. The number of benzene rings is 1. The number of hydrogen-bond acceptors (Lipinski definition) is 2. The van der Waals surface area contributed by atoms with Gasteiger partial charge in [0, 0.05) is 17.6 Å². The predicted octanol–water partition coefficient (Wildman–Crippen LogP) is 3.80. The molecule has 0 fully saturated rings. The zero-order valence-corrected chi connectivity index (χ0v) is 13.2. The molecule has 0 aliphatic rings. The van der Waals surface area contributed by atoms with Crippen LogP contribution < -0.4 is 5.32 Å². The first-order valence-electron chi connectivity index (χ1n) is 6.58. The lowest BCUT2D eigenvalue weighted by molar-refractivity contribution is 0.0697. The predicted molar refractivity (Wildman–Crippen MR) is 82.3 cm³/mol. The molecule has 0 bridgehead atoms. The molecule has 6 heteroatoms. The Morgan fingerprint density at radius 2 is 2.05 bits per heavy atom. The van der Waals surface area contributed by atoms with E-state index in [4.69, 9.17) is 5.11 Å². The molecule has 5 nitrogen and oxygen atoms in total. The zero-order valence-electron chi connectivity index (χ0n) is 11.6. The molecule has 0 saturated carbocycles. The monoisotopic (exact) mass is 342 g/mol. The minimum Gasteiger partial charge on any atom is -0.478 e. The Labute approximate surface area is 127 Å². The second-order valence-electron chi connectivity index (χ2n) is 4.36. The summed E-state index contributed by atoms with van der Waals surface area (Å²) in [5.41, 5.74) is 0.602. The fourth-order valence-corrected chi connectivity index (χ4v) is 2.05. The maximum Gasteiger partial charge on any atom is 0.335 e. The molecule has 2 N–H and O–H groups in total. The van der Waals surface area contributed by atoms with E-state index in [9.17, 15) is 9.59 Å². The summed E-state index contributed by atoms with van der Waals surface area (Å²) < 4.78 is 0.655. The van der Waals surface area contributed by atoms with Gasteiger partial charge >= 0.3 is 12.0 Å². The lowest BCUT2D eigenvalue weighted by Crippen LogP contribution is -2.35. The Kier molecular flexibility index (Phi) is 6.51. The third kappa shape index (κ3) is 4.52. The van der Waals surface area contributed by atoms with Gasteiger partial charge in [-0.25, -0.2) is 9.59 Å². The highest BCUT2D eigenvalue weighted by molar-refractivity contribution is 9.10. The van der Waals surface area contributed by atoms with Crippen molar-refractivity contribution in [3.8, 4) is 0 Å². The van der Waals surface area contributed by atoms with E-state index in [-0.39, 0.29) is 11.6 Å². The Balaban J connectivity index is 2.83. The summed E-state index contributed by atoms with van der Waals surface area (Å²) in [5, 5.41) is 11.7. The number of nitrogens with one attached hydrogen (secondary N) is 1. The van der Waals surface area contributed by atoms with Crippen LogP contribution in [0.2, 0.25) is 0 Å². The van der Waals surface area contributed by atoms with E-state index in [1.807, 2.05) is 6.92 Å². The lowest BCUT2D eigenvalue weighted by Gasteiger charge is -2.21. The van der Waals surface area contributed by atoms with E-state index in [1.54, 1.807) is 11.0 Å². The number of urea groups is 1.